The van der Waals surface area contributed by atoms with E-state index in [0.717, 1.165) is 29.7 Å². The van der Waals surface area contributed by atoms with Crippen molar-refractivity contribution in [2.45, 2.75) is 69.3 Å². The molecule has 1 aliphatic rings. The Kier molecular flexibility index (Phi) is 7.37. The summed E-state index contributed by atoms with van der Waals surface area (Å²) in [5, 5.41) is 9.72. The third kappa shape index (κ3) is 6.26. The predicted molar refractivity (Wildman–Crippen MR) is 95.0 cm³/mol. The number of nitrogens with one attached hydrogen (secondary N) is 1. The lowest BCUT2D eigenvalue weighted by Crippen LogP contribution is -2.34. The highest BCUT2D eigenvalue weighted by atomic mass is 32.2. The first-order valence-electron chi connectivity index (χ1n) is 8.58. The number of hydrogen-bond acceptors (Lipinski definition) is 4. The summed E-state index contributed by atoms with van der Waals surface area (Å²) in [6.45, 7) is 7.01. The lowest BCUT2D eigenvalue weighted by molar-refractivity contribution is -0.147. The van der Waals surface area contributed by atoms with E-state index < -0.39 is 22.9 Å². The molecule has 24 heavy (non-hydrogen) atoms. The Labute approximate surface area is 147 Å². The molecule has 1 aromatic rings. The summed E-state index contributed by atoms with van der Waals surface area (Å²) >= 11 is 0. The van der Waals surface area contributed by atoms with Crippen LogP contribution >= 0.6 is 0 Å². The topological polar surface area (TPSA) is 67.8 Å². The molecule has 1 fully saturated rings. The van der Waals surface area contributed by atoms with Crippen LogP contribution in [0.5, 0.6) is 0 Å². The Bertz CT molecular complexity index is 526. The van der Waals surface area contributed by atoms with Gasteiger partial charge in [0.15, 0.2) is 5.79 Å². The molecule has 0 bridgehead atoms. The minimum absolute atomic E-state index is 0.0165. The second kappa shape index (κ2) is 9.06. The average Bonchev–Trinajstić information content (AvgIpc) is 2.94. The van der Waals surface area contributed by atoms with Crippen LogP contribution in [0, 0.1) is 6.92 Å². The molecule has 0 radical (unpaired) electrons. The normalized spacial score (nSPS) is 20.7. The number of hydrogen-bond donors (Lipinski definition) is 2. The van der Waals surface area contributed by atoms with Crippen molar-refractivity contribution in [1.82, 2.24) is 4.72 Å². The fourth-order valence-corrected chi connectivity index (χ4v) is 3.92. The Morgan fingerprint density at radius 2 is 1.92 bits per heavy atom. The molecule has 0 spiro atoms. The van der Waals surface area contributed by atoms with Gasteiger partial charge < -0.3 is 14.6 Å². The van der Waals surface area contributed by atoms with E-state index in [-0.39, 0.29) is 6.04 Å². The molecule has 1 saturated heterocycles. The molecule has 1 unspecified atom stereocenters. The minimum atomic E-state index is -1.28. The van der Waals surface area contributed by atoms with Gasteiger partial charge >= 0.3 is 0 Å². The van der Waals surface area contributed by atoms with Crippen molar-refractivity contribution in [2.24, 2.45) is 0 Å². The molecule has 6 heteroatoms. The van der Waals surface area contributed by atoms with Crippen molar-refractivity contribution in [2.75, 3.05) is 13.2 Å². The van der Waals surface area contributed by atoms with E-state index in [9.17, 15) is 9.32 Å². The third-order valence-electron chi connectivity index (χ3n) is 4.22. The van der Waals surface area contributed by atoms with Gasteiger partial charge in [-0.05, 0) is 52.2 Å². The Morgan fingerprint density at radius 1 is 1.29 bits per heavy atom. The Hall–Kier alpha value is -0.790. The van der Waals surface area contributed by atoms with Crippen LogP contribution in [0.4, 0.5) is 0 Å². The maximum Gasteiger partial charge on any atom is 0.165 e. The zero-order valence-electron chi connectivity index (χ0n) is 14.8. The molecular weight excluding hydrogens is 326 g/mol. The highest BCUT2D eigenvalue weighted by molar-refractivity contribution is 7.83. The Balaban J connectivity index is 1.87. The van der Waals surface area contributed by atoms with E-state index in [0.29, 0.717) is 19.6 Å². The number of ether oxygens (including phenoxy) is 2. The molecule has 0 aliphatic carbocycles. The van der Waals surface area contributed by atoms with Gasteiger partial charge in [0.1, 0.15) is 11.0 Å². The minimum Gasteiger partial charge on any atom is -0.393 e. The van der Waals surface area contributed by atoms with Crippen molar-refractivity contribution in [3.63, 3.8) is 0 Å². The summed E-state index contributed by atoms with van der Waals surface area (Å²) in [6.07, 6.45) is 2.61. The summed E-state index contributed by atoms with van der Waals surface area (Å²) in [5.41, 5.74) is 1.14. The van der Waals surface area contributed by atoms with Gasteiger partial charge in [-0.25, -0.2) is 8.93 Å². The van der Waals surface area contributed by atoms with Crippen molar-refractivity contribution in [3.8, 4) is 0 Å². The van der Waals surface area contributed by atoms with Crippen molar-refractivity contribution >= 4 is 11.0 Å². The van der Waals surface area contributed by atoms with Crippen LogP contribution in [-0.4, -0.2) is 40.5 Å². The van der Waals surface area contributed by atoms with Crippen LogP contribution in [0.15, 0.2) is 29.2 Å². The quantitative estimate of drug-likeness (QED) is 0.715. The molecule has 2 rings (SSSR count). The van der Waals surface area contributed by atoms with Crippen molar-refractivity contribution < 1.29 is 18.8 Å². The van der Waals surface area contributed by atoms with Gasteiger partial charge in [0.05, 0.1) is 24.2 Å². The standard InChI is InChI=1S/C18H29NO4S/c1-14-6-8-17(9-7-14)24(21)19-16(13-15(2)20)5-4-10-18(3)22-11-12-23-18/h6-9,15-16,19-20H,4-5,10-13H2,1-3H3/t15-,16-,24?/m1/s1. The molecular formula is C18H29NO4S. The van der Waals surface area contributed by atoms with E-state index in [4.69, 9.17) is 9.47 Å². The molecule has 1 aromatic carbocycles. The van der Waals surface area contributed by atoms with E-state index in [1.165, 1.54) is 0 Å². The molecule has 136 valence electrons. The summed E-state index contributed by atoms with van der Waals surface area (Å²) in [5.74, 6) is -0.495. The molecule has 0 saturated carbocycles. The predicted octanol–water partition coefficient (Wildman–Crippen LogP) is 2.68. The highest BCUT2D eigenvalue weighted by Gasteiger charge is 2.30. The first kappa shape index (κ1) is 19.5. The first-order valence-corrected chi connectivity index (χ1v) is 9.73. The molecule has 1 aliphatic heterocycles. The summed E-state index contributed by atoms with van der Waals surface area (Å²) in [7, 11) is -1.28. The summed E-state index contributed by atoms with van der Waals surface area (Å²) < 4.78 is 26.9. The van der Waals surface area contributed by atoms with E-state index >= 15 is 0 Å². The van der Waals surface area contributed by atoms with E-state index in [2.05, 4.69) is 4.72 Å². The lowest BCUT2D eigenvalue weighted by Gasteiger charge is -2.24. The zero-order chi connectivity index (χ0) is 17.6. The van der Waals surface area contributed by atoms with Gasteiger partial charge in [-0.3, -0.25) is 0 Å². The van der Waals surface area contributed by atoms with Gasteiger partial charge in [-0.2, -0.15) is 0 Å². The number of aryl methyl sites for hydroxylation is 1. The van der Waals surface area contributed by atoms with Gasteiger partial charge in [0.2, 0.25) is 0 Å². The fraction of sp³-hybridized carbons (Fsp3) is 0.667. The van der Waals surface area contributed by atoms with E-state index in [1.807, 2.05) is 38.1 Å². The maximum atomic E-state index is 12.5. The number of rotatable bonds is 9. The first-order chi connectivity index (χ1) is 11.4. The molecule has 1 heterocycles. The van der Waals surface area contributed by atoms with Crippen LogP contribution in [0.2, 0.25) is 0 Å². The monoisotopic (exact) mass is 355 g/mol. The average molecular weight is 356 g/mol. The lowest BCUT2D eigenvalue weighted by atomic mass is 10.0. The highest BCUT2D eigenvalue weighted by Crippen LogP contribution is 2.25. The molecule has 2 N–H and O–H groups in total. The Morgan fingerprint density at radius 3 is 2.50 bits per heavy atom. The van der Waals surface area contributed by atoms with Gasteiger partial charge in [0.25, 0.3) is 0 Å². The zero-order valence-corrected chi connectivity index (χ0v) is 15.6. The number of benzene rings is 1. The molecule has 0 amide bonds. The second-order valence-corrected chi connectivity index (χ2v) is 7.95. The summed E-state index contributed by atoms with van der Waals surface area (Å²) in [6, 6.07) is 7.64. The van der Waals surface area contributed by atoms with Crippen LogP contribution in [0.1, 0.15) is 45.1 Å². The van der Waals surface area contributed by atoms with Gasteiger partial charge in [-0.1, -0.05) is 17.7 Å². The third-order valence-corrected chi connectivity index (χ3v) is 5.46. The van der Waals surface area contributed by atoms with Gasteiger partial charge in [0, 0.05) is 12.5 Å². The maximum absolute atomic E-state index is 12.5. The molecule has 0 aromatic heterocycles. The van der Waals surface area contributed by atoms with Crippen molar-refractivity contribution in [1.29, 1.82) is 0 Å². The largest absolute Gasteiger partial charge is 0.393 e. The number of aliphatic hydroxyl groups excluding tert-OH is 1. The fourth-order valence-electron chi connectivity index (χ4n) is 2.89. The van der Waals surface area contributed by atoms with Crippen LogP contribution in [0.3, 0.4) is 0 Å². The van der Waals surface area contributed by atoms with Crippen LogP contribution < -0.4 is 4.72 Å². The van der Waals surface area contributed by atoms with Crippen molar-refractivity contribution in [3.05, 3.63) is 29.8 Å². The van der Waals surface area contributed by atoms with E-state index in [1.54, 1.807) is 6.92 Å². The molecule has 3 atom stereocenters. The summed E-state index contributed by atoms with van der Waals surface area (Å²) in [4.78, 5) is 0.755. The SMILES string of the molecule is Cc1ccc(S(=O)N[C@H](CCCC2(C)OCCO2)C[C@@H](C)O)cc1. The van der Waals surface area contributed by atoms with Crippen LogP contribution in [0.25, 0.3) is 0 Å². The number of aliphatic hydroxyl groups is 1. The van der Waals surface area contributed by atoms with Gasteiger partial charge in [-0.15, -0.1) is 0 Å². The molecule has 5 nitrogen and oxygen atoms in total. The van der Waals surface area contributed by atoms with Crippen LogP contribution in [-0.2, 0) is 20.5 Å². The second-order valence-electron chi connectivity index (χ2n) is 6.70. The smallest absolute Gasteiger partial charge is 0.165 e.